The average molecular weight is 238 g/mol. The maximum Gasteiger partial charge on any atom is 0.471 e. The maximum absolute atomic E-state index is 12.2. The fourth-order valence-corrected chi connectivity index (χ4v) is 1.88. The van der Waals surface area contributed by atoms with E-state index in [1.807, 2.05) is 0 Å². The van der Waals surface area contributed by atoms with Crippen LogP contribution >= 0.6 is 0 Å². The van der Waals surface area contributed by atoms with Crippen LogP contribution in [0.15, 0.2) is 0 Å². The molecule has 1 aliphatic heterocycles. The summed E-state index contributed by atoms with van der Waals surface area (Å²) in [7, 11) is 0. The number of carbonyl (C=O) groups is 1. The summed E-state index contributed by atoms with van der Waals surface area (Å²) in [5.74, 6) is -1.73. The molecule has 1 unspecified atom stereocenters. The van der Waals surface area contributed by atoms with Crippen LogP contribution in [0.3, 0.4) is 0 Å². The smallest absolute Gasteiger partial charge is 0.334 e. The minimum Gasteiger partial charge on any atom is -0.334 e. The predicted octanol–water partition coefficient (Wildman–Crippen LogP) is 1.54. The van der Waals surface area contributed by atoms with Crippen LogP contribution in [0.2, 0.25) is 0 Å². The van der Waals surface area contributed by atoms with Crippen molar-refractivity contribution in [1.29, 1.82) is 0 Å². The predicted molar refractivity (Wildman–Crippen MR) is 54.0 cm³/mol. The third-order valence-electron chi connectivity index (χ3n) is 2.76. The highest BCUT2D eigenvalue weighted by Gasteiger charge is 2.42. The molecule has 1 aliphatic rings. The van der Waals surface area contributed by atoms with Crippen LogP contribution in [0.4, 0.5) is 13.2 Å². The van der Waals surface area contributed by atoms with E-state index < -0.39 is 12.1 Å². The molecule has 1 saturated heterocycles. The number of nitrogens with zero attached hydrogens (tertiary/aromatic N) is 1. The molecule has 0 bridgehead atoms. The standard InChI is InChI=1S/C10H17F3N2O/c1-2-15(9(16)10(11,12)13)7-8-5-3-4-6-14-8/h8,14H,2-7H2,1H3. The molecule has 0 aromatic carbocycles. The summed E-state index contributed by atoms with van der Waals surface area (Å²) in [5, 5.41) is 3.13. The van der Waals surface area contributed by atoms with Gasteiger partial charge in [0.05, 0.1) is 0 Å². The molecule has 3 nitrogen and oxygen atoms in total. The molecule has 0 aromatic rings. The van der Waals surface area contributed by atoms with Gasteiger partial charge in [0.1, 0.15) is 0 Å². The van der Waals surface area contributed by atoms with Gasteiger partial charge in [-0.3, -0.25) is 4.79 Å². The summed E-state index contributed by atoms with van der Waals surface area (Å²) in [6.07, 6.45) is -1.86. The first-order valence-electron chi connectivity index (χ1n) is 5.54. The first-order chi connectivity index (χ1) is 7.45. The number of rotatable bonds is 3. The van der Waals surface area contributed by atoms with Crippen molar-refractivity contribution in [3.05, 3.63) is 0 Å². The number of alkyl halides is 3. The highest BCUT2D eigenvalue weighted by molar-refractivity contribution is 5.81. The second kappa shape index (κ2) is 5.52. The summed E-state index contributed by atoms with van der Waals surface area (Å²) in [5.41, 5.74) is 0. The number of hydrogen-bond acceptors (Lipinski definition) is 2. The summed E-state index contributed by atoms with van der Waals surface area (Å²) in [6.45, 7) is 2.63. The molecule has 1 heterocycles. The second-order valence-corrected chi connectivity index (χ2v) is 3.99. The molecular formula is C10H17F3N2O. The Morgan fingerprint density at radius 3 is 2.56 bits per heavy atom. The van der Waals surface area contributed by atoms with Crippen molar-refractivity contribution in [2.75, 3.05) is 19.6 Å². The van der Waals surface area contributed by atoms with Crippen LogP contribution in [0.1, 0.15) is 26.2 Å². The molecule has 6 heteroatoms. The Kier molecular flexibility index (Phi) is 4.58. The Bertz CT molecular complexity index is 237. The van der Waals surface area contributed by atoms with Crippen LogP contribution in [-0.4, -0.2) is 42.7 Å². The third-order valence-corrected chi connectivity index (χ3v) is 2.76. The van der Waals surface area contributed by atoms with Crippen LogP contribution in [0.5, 0.6) is 0 Å². The maximum atomic E-state index is 12.2. The van der Waals surface area contributed by atoms with Gasteiger partial charge >= 0.3 is 12.1 Å². The normalized spacial score (nSPS) is 21.9. The van der Waals surface area contributed by atoms with Crippen LogP contribution in [-0.2, 0) is 4.79 Å². The fourth-order valence-electron chi connectivity index (χ4n) is 1.88. The summed E-state index contributed by atoms with van der Waals surface area (Å²) >= 11 is 0. The number of carbonyl (C=O) groups excluding carboxylic acids is 1. The van der Waals surface area contributed by atoms with E-state index in [2.05, 4.69) is 5.32 Å². The SMILES string of the molecule is CCN(CC1CCCCN1)C(=O)C(F)(F)F. The van der Waals surface area contributed by atoms with E-state index in [4.69, 9.17) is 0 Å². The zero-order valence-corrected chi connectivity index (χ0v) is 9.31. The highest BCUT2D eigenvalue weighted by atomic mass is 19.4. The largest absolute Gasteiger partial charge is 0.471 e. The van der Waals surface area contributed by atoms with Gasteiger partial charge in [0.25, 0.3) is 0 Å². The third kappa shape index (κ3) is 3.66. The first kappa shape index (κ1) is 13.3. The van der Waals surface area contributed by atoms with Gasteiger partial charge in [-0.05, 0) is 26.3 Å². The van der Waals surface area contributed by atoms with Crippen LogP contribution in [0.25, 0.3) is 0 Å². The van der Waals surface area contributed by atoms with Gasteiger partial charge in [-0.2, -0.15) is 13.2 Å². The lowest BCUT2D eigenvalue weighted by molar-refractivity contribution is -0.185. The van der Waals surface area contributed by atoms with Gasteiger partial charge in [-0.25, -0.2) is 0 Å². The van der Waals surface area contributed by atoms with Crippen molar-refractivity contribution < 1.29 is 18.0 Å². The monoisotopic (exact) mass is 238 g/mol. The summed E-state index contributed by atoms with van der Waals surface area (Å²) in [4.78, 5) is 11.9. The molecule has 0 saturated carbocycles. The molecule has 1 fully saturated rings. The van der Waals surface area contributed by atoms with Gasteiger partial charge in [-0.1, -0.05) is 6.42 Å². The van der Waals surface area contributed by atoms with E-state index in [-0.39, 0.29) is 19.1 Å². The molecule has 1 atom stereocenters. The highest BCUT2D eigenvalue weighted by Crippen LogP contribution is 2.19. The lowest BCUT2D eigenvalue weighted by atomic mass is 10.0. The zero-order chi connectivity index (χ0) is 12.2. The minimum atomic E-state index is -4.76. The Morgan fingerprint density at radius 2 is 2.12 bits per heavy atom. The molecular weight excluding hydrogens is 221 g/mol. The first-order valence-corrected chi connectivity index (χ1v) is 5.54. The average Bonchev–Trinajstić information content (AvgIpc) is 2.25. The lowest BCUT2D eigenvalue weighted by Crippen LogP contribution is -2.49. The topological polar surface area (TPSA) is 32.3 Å². The van der Waals surface area contributed by atoms with E-state index in [1.165, 1.54) is 0 Å². The molecule has 1 N–H and O–H groups in total. The van der Waals surface area contributed by atoms with E-state index in [0.717, 1.165) is 30.7 Å². The molecule has 16 heavy (non-hydrogen) atoms. The summed E-state index contributed by atoms with van der Waals surface area (Å²) in [6, 6.07) is -0.000000000000000222. The molecule has 0 aliphatic carbocycles. The van der Waals surface area contributed by atoms with Crippen LogP contribution < -0.4 is 5.32 Å². The Morgan fingerprint density at radius 1 is 1.44 bits per heavy atom. The number of halogens is 3. The quantitative estimate of drug-likeness (QED) is 0.809. The van der Waals surface area contributed by atoms with E-state index in [1.54, 1.807) is 6.92 Å². The van der Waals surface area contributed by atoms with Gasteiger partial charge in [0.2, 0.25) is 0 Å². The molecule has 1 rings (SSSR count). The van der Waals surface area contributed by atoms with Gasteiger partial charge in [-0.15, -0.1) is 0 Å². The van der Waals surface area contributed by atoms with Crippen molar-refractivity contribution in [3.63, 3.8) is 0 Å². The second-order valence-electron chi connectivity index (χ2n) is 3.99. The number of amides is 1. The molecule has 0 aromatic heterocycles. The molecule has 0 spiro atoms. The number of hydrogen-bond donors (Lipinski definition) is 1. The van der Waals surface area contributed by atoms with Gasteiger partial charge < -0.3 is 10.2 Å². The van der Waals surface area contributed by atoms with Crippen molar-refractivity contribution in [1.82, 2.24) is 10.2 Å². The number of piperidine rings is 1. The molecule has 94 valence electrons. The Labute approximate surface area is 93.0 Å². The number of nitrogens with one attached hydrogen (secondary N) is 1. The van der Waals surface area contributed by atoms with Crippen molar-refractivity contribution in [2.24, 2.45) is 0 Å². The Hall–Kier alpha value is -0.780. The van der Waals surface area contributed by atoms with Crippen molar-refractivity contribution >= 4 is 5.91 Å². The lowest BCUT2D eigenvalue weighted by Gasteiger charge is -2.30. The fraction of sp³-hybridized carbons (Fsp3) is 0.900. The van der Waals surface area contributed by atoms with Crippen LogP contribution in [0, 0.1) is 0 Å². The zero-order valence-electron chi connectivity index (χ0n) is 9.31. The Balaban J connectivity index is 2.50. The molecule has 0 radical (unpaired) electrons. The number of likely N-dealkylation sites (N-methyl/N-ethyl adjacent to an activating group) is 1. The van der Waals surface area contributed by atoms with Gasteiger partial charge in [0, 0.05) is 19.1 Å². The van der Waals surface area contributed by atoms with Crippen molar-refractivity contribution in [3.8, 4) is 0 Å². The van der Waals surface area contributed by atoms with E-state index in [0.29, 0.717) is 0 Å². The van der Waals surface area contributed by atoms with Gasteiger partial charge in [0.15, 0.2) is 0 Å². The summed E-state index contributed by atoms with van der Waals surface area (Å²) < 4.78 is 36.7. The minimum absolute atomic E-state index is 0.000000000000000222. The van der Waals surface area contributed by atoms with E-state index in [9.17, 15) is 18.0 Å². The van der Waals surface area contributed by atoms with E-state index >= 15 is 0 Å². The molecule has 1 amide bonds. The van der Waals surface area contributed by atoms with Crippen molar-refractivity contribution in [2.45, 2.75) is 38.4 Å².